The minimum atomic E-state index is -0.761. The van der Waals surface area contributed by atoms with Crippen molar-refractivity contribution in [3.63, 3.8) is 0 Å². The van der Waals surface area contributed by atoms with E-state index in [0.717, 1.165) is 64.2 Å². The highest BCUT2D eigenvalue weighted by Gasteiger charge is 2.19. The fourth-order valence-corrected chi connectivity index (χ4v) is 5.48. The van der Waals surface area contributed by atoms with Gasteiger partial charge >= 0.3 is 17.9 Å². The molecule has 6 nitrogen and oxygen atoms in total. The summed E-state index contributed by atoms with van der Waals surface area (Å²) < 4.78 is 16.5. The average molecular weight is 651 g/mol. The molecule has 6 heteroatoms. The van der Waals surface area contributed by atoms with Gasteiger partial charge in [-0.05, 0) is 38.5 Å². The van der Waals surface area contributed by atoms with Gasteiger partial charge in [-0.2, -0.15) is 0 Å². The molecule has 0 spiro atoms. The zero-order valence-electron chi connectivity index (χ0n) is 30.6. The third-order valence-corrected chi connectivity index (χ3v) is 8.52. The Kier molecular flexibility index (Phi) is 34.5. The van der Waals surface area contributed by atoms with Gasteiger partial charge in [-0.1, -0.05) is 161 Å². The molecule has 0 fully saturated rings. The summed E-state index contributed by atoms with van der Waals surface area (Å²) in [5.74, 6) is -0.888. The summed E-state index contributed by atoms with van der Waals surface area (Å²) in [6.07, 6.45) is 34.8. The molecule has 46 heavy (non-hydrogen) atoms. The first-order valence-electron chi connectivity index (χ1n) is 19.7. The fraction of sp³-hybridized carbons (Fsp3) is 0.875. The van der Waals surface area contributed by atoms with Gasteiger partial charge in [0, 0.05) is 19.3 Å². The molecule has 0 amide bonds. The number of unbranched alkanes of at least 4 members (excludes halogenated alkanes) is 22. The van der Waals surface area contributed by atoms with E-state index in [0.29, 0.717) is 19.3 Å². The van der Waals surface area contributed by atoms with Crippen LogP contribution in [-0.2, 0) is 28.6 Å². The Hall–Kier alpha value is -1.85. The van der Waals surface area contributed by atoms with Crippen molar-refractivity contribution < 1.29 is 28.6 Å². The van der Waals surface area contributed by atoms with Gasteiger partial charge in [-0.15, -0.1) is 0 Å². The predicted molar refractivity (Wildman–Crippen MR) is 192 cm³/mol. The second kappa shape index (κ2) is 36.0. The summed E-state index contributed by atoms with van der Waals surface area (Å²) in [5.41, 5.74) is 0. The van der Waals surface area contributed by atoms with Crippen molar-refractivity contribution in [2.45, 2.75) is 213 Å². The van der Waals surface area contributed by atoms with Gasteiger partial charge in [-0.3, -0.25) is 14.4 Å². The van der Waals surface area contributed by atoms with Crippen LogP contribution in [0.15, 0.2) is 12.2 Å². The first-order valence-corrected chi connectivity index (χ1v) is 19.7. The number of esters is 3. The Balaban J connectivity index is 4.35. The lowest BCUT2D eigenvalue weighted by Crippen LogP contribution is -2.30. The highest BCUT2D eigenvalue weighted by molar-refractivity contribution is 5.71. The molecule has 0 aromatic rings. The molecule has 0 rings (SSSR count). The van der Waals surface area contributed by atoms with Gasteiger partial charge < -0.3 is 14.2 Å². The molecule has 0 bridgehead atoms. The van der Waals surface area contributed by atoms with Crippen LogP contribution in [0, 0.1) is 0 Å². The van der Waals surface area contributed by atoms with Crippen LogP contribution in [0.2, 0.25) is 0 Å². The number of carbonyl (C=O) groups is 3. The van der Waals surface area contributed by atoms with Crippen LogP contribution in [0.3, 0.4) is 0 Å². The minimum absolute atomic E-state index is 0.0699. The standard InChI is InChI=1S/C40H74O6/c1-4-7-10-13-16-19-20-22-24-27-30-33-39(42)45-36-37(35-44-38(41)32-29-26-23-18-15-12-9-6-3)46-40(43)34-31-28-25-21-17-14-11-8-5-2/h13,16,37H,4-12,14-15,17-36H2,1-3H3/b16-13-. The number of hydrogen-bond acceptors (Lipinski definition) is 6. The van der Waals surface area contributed by atoms with Gasteiger partial charge in [0.2, 0.25) is 0 Å². The van der Waals surface area contributed by atoms with Crippen LogP contribution in [0.4, 0.5) is 0 Å². The maximum Gasteiger partial charge on any atom is 0.306 e. The second-order valence-corrected chi connectivity index (χ2v) is 13.2. The van der Waals surface area contributed by atoms with Crippen molar-refractivity contribution in [1.29, 1.82) is 0 Å². The Morgan fingerprint density at radius 3 is 1.15 bits per heavy atom. The lowest BCUT2D eigenvalue weighted by molar-refractivity contribution is -0.167. The van der Waals surface area contributed by atoms with E-state index < -0.39 is 6.10 Å². The molecule has 0 aromatic carbocycles. The maximum absolute atomic E-state index is 12.6. The fourth-order valence-electron chi connectivity index (χ4n) is 5.48. The normalized spacial score (nSPS) is 12.0. The first kappa shape index (κ1) is 44.1. The van der Waals surface area contributed by atoms with E-state index in [-0.39, 0.29) is 31.1 Å². The van der Waals surface area contributed by atoms with Crippen LogP contribution < -0.4 is 0 Å². The quantitative estimate of drug-likeness (QED) is 0.0294. The summed E-state index contributed by atoms with van der Waals surface area (Å²) in [5, 5.41) is 0. The van der Waals surface area contributed by atoms with Gasteiger partial charge in [0.25, 0.3) is 0 Å². The molecule has 0 aliphatic rings. The lowest BCUT2D eigenvalue weighted by atomic mass is 10.1. The third-order valence-electron chi connectivity index (χ3n) is 8.52. The van der Waals surface area contributed by atoms with Gasteiger partial charge in [0.15, 0.2) is 6.10 Å². The van der Waals surface area contributed by atoms with Crippen molar-refractivity contribution in [2.75, 3.05) is 13.2 Å². The summed E-state index contributed by atoms with van der Waals surface area (Å²) >= 11 is 0. The maximum atomic E-state index is 12.6. The lowest BCUT2D eigenvalue weighted by Gasteiger charge is -2.18. The molecule has 0 heterocycles. The zero-order chi connectivity index (χ0) is 33.8. The van der Waals surface area contributed by atoms with Gasteiger partial charge in [-0.25, -0.2) is 0 Å². The zero-order valence-corrected chi connectivity index (χ0v) is 30.6. The molecule has 0 saturated carbocycles. The van der Waals surface area contributed by atoms with E-state index in [4.69, 9.17) is 14.2 Å². The van der Waals surface area contributed by atoms with E-state index in [1.807, 2.05) is 0 Å². The van der Waals surface area contributed by atoms with Crippen molar-refractivity contribution >= 4 is 17.9 Å². The highest BCUT2D eigenvalue weighted by Crippen LogP contribution is 2.13. The summed E-state index contributed by atoms with van der Waals surface area (Å²) in [6, 6.07) is 0. The van der Waals surface area contributed by atoms with E-state index in [9.17, 15) is 14.4 Å². The molecule has 0 aliphatic heterocycles. The van der Waals surface area contributed by atoms with Gasteiger partial charge in [0.1, 0.15) is 13.2 Å². The van der Waals surface area contributed by atoms with Crippen LogP contribution in [0.1, 0.15) is 207 Å². The Bertz CT molecular complexity index is 719. The number of allylic oxidation sites excluding steroid dienone is 2. The first-order chi connectivity index (χ1) is 22.5. The number of hydrogen-bond donors (Lipinski definition) is 0. The average Bonchev–Trinajstić information content (AvgIpc) is 3.05. The molecule has 270 valence electrons. The van der Waals surface area contributed by atoms with Crippen LogP contribution in [-0.4, -0.2) is 37.2 Å². The van der Waals surface area contributed by atoms with E-state index in [1.54, 1.807) is 0 Å². The molecular weight excluding hydrogens is 576 g/mol. The minimum Gasteiger partial charge on any atom is -0.462 e. The van der Waals surface area contributed by atoms with Crippen molar-refractivity contribution in [3.05, 3.63) is 12.2 Å². The monoisotopic (exact) mass is 651 g/mol. The van der Waals surface area contributed by atoms with E-state index >= 15 is 0 Å². The molecular formula is C40H74O6. The van der Waals surface area contributed by atoms with Crippen LogP contribution >= 0.6 is 0 Å². The third kappa shape index (κ3) is 33.5. The number of rotatable bonds is 35. The second-order valence-electron chi connectivity index (χ2n) is 13.2. The van der Waals surface area contributed by atoms with Crippen molar-refractivity contribution in [1.82, 2.24) is 0 Å². The molecule has 1 unspecified atom stereocenters. The number of carbonyl (C=O) groups excluding carboxylic acids is 3. The van der Waals surface area contributed by atoms with Gasteiger partial charge in [0.05, 0.1) is 0 Å². The smallest absolute Gasteiger partial charge is 0.306 e. The van der Waals surface area contributed by atoms with E-state index in [2.05, 4.69) is 32.9 Å². The Labute approximate surface area is 284 Å². The molecule has 0 aliphatic carbocycles. The number of ether oxygens (including phenoxy) is 3. The predicted octanol–water partition coefficient (Wildman–Crippen LogP) is 11.9. The van der Waals surface area contributed by atoms with Crippen LogP contribution in [0.5, 0.6) is 0 Å². The Morgan fingerprint density at radius 2 is 0.739 bits per heavy atom. The largest absolute Gasteiger partial charge is 0.462 e. The van der Waals surface area contributed by atoms with E-state index in [1.165, 1.54) is 103 Å². The summed E-state index contributed by atoms with van der Waals surface area (Å²) in [7, 11) is 0. The SMILES string of the molecule is CCCC/C=C\CCCCCCCC(=O)OCC(COC(=O)CCCCCCCCCC)OC(=O)CCCCCCCCCCC. The summed E-state index contributed by atoms with van der Waals surface area (Å²) in [6.45, 7) is 6.52. The van der Waals surface area contributed by atoms with Crippen molar-refractivity contribution in [3.8, 4) is 0 Å². The molecule has 0 radical (unpaired) electrons. The summed E-state index contributed by atoms with van der Waals surface area (Å²) in [4.78, 5) is 37.3. The molecule has 0 N–H and O–H groups in total. The molecule has 0 aromatic heterocycles. The van der Waals surface area contributed by atoms with Crippen molar-refractivity contribution in [2.24, 2.45) is 0 Å². The highest BCUT2D eigenvalue weighted by atomic mass is 16.6. The molecule has 1 atom stereocenters. The van der Waals surface area contributed by atoms with Crippen LogP contribution in [0.25, 0.3) is 0 Å². The molecule has 0 saturated heterocycles. The topological polar surface area (TPSA) is 78.9 Å². The Morgan fingerprint density at radius 1 is 0.413 bits per heavy atom.